The van der Waals surface area contributed by atoms with Gasteiger partial charge in [-0.15, -0.1) is 0 Å². The van der Waals surface area contributed by atoms with Crippen LogP contribution in [0.5, 0.6) is 11.5 Å². The zero-order valence-electron chi connectivity index (χ0n) is 27.9. The first-order chi connectivity index (χ1) is 20.6. The summed E-state index contributed by atoms with van der Waals surface area (Å²) in [5.74, 6) is 0.562. The normalized spacial score (nSPS) is 35.5. The molecule has 3 fully saturated rings. The van der Waals surface area contributed by atoms with Crippen LogP contribution in [-0.4, -0.2) is 31.4 Å². The minimum absolute atomic E-state index is 0.0340. The van der Waals surface area contributed by atoms with Crippen molar-refractivity contribution in [3.05, 3.63) is 34.4 Å². The van der Waals surface area contributed by atoms with E-state index in [4.69, 9.17) is 24.7 Å². The molecule has 3 saturated carbocycles. The van der Waals surface area contributed by atoms with Crippen molar-refractivity contribution in [2.75, 3.05) is 13.2 Å². The lowest BCUT2D eigenvalue weighted by Gasteiger charge is -2.71. The second-order valence-electron chi connectivity index (χ2n) is 14.8. The molecule has 1 aromatic carbocycles. The quantitative estimate of drug-likeness (QED) is 0.197. The highest BCUT2D eigenvalue weighted by Crippen LogP contribution is 2.75. The van der Waals surface area contributed by atoms with Crippen molar-refractivity contribution < 1.29 is 33.3 Å². The molecule has 8 heteroatoms. The van der Waals surface area contributed by atoms with E-state index < -0.39 is 17.7 Å². The van der Waals surface area contributed by atoms with Crippen molar-refractivity contribution in [3.63, 3.8) is 0 Å². The summed E-state index contributed by atoms with van der Waals surface area (Å²) in [5.41, 5.74) is 9.77. The molecule has 0 radical (unpaired) electrons. The summed E-state index contributed by atoms with van der Waals surface area (Å²) in [4.78, 5) is 37.7. The molecule has 0 aromatic heterocycles. The number of nitrogens with two attached hydrogens (primary N) is 1. The molecule has 1 aromatic rings. The van der Waals surface area contributed by atoms with Crippen molar-refractivity contribution in [1.29, 1.82) is 0 Å². The summed E-state index contributed by atoms with van der Waals surface area (Å²) < 4.78 is 21.5. The van der Waals surface area contributed by atoms with Crippen LogP contribution in [-0.2, 0) is 26.1 Å². The molecule has 6 atom stereocenters. The van der Waals surface area contributed by atoms with Gasteiger partial charge in [0.15, 0.2) is 11.5 Å². The second-order valence-corrected chi connectivity index (χ2v) is 14.8. The van der Waals surface area contributed by atoms with Gasteiger partial charge >= 0.3 is 12.3 Å². The van der Waals surface area contributed by atoms with Crippen molar-refractivity contribution >= 4 is 18.2 Å². The number of hydrogen-bond donors (Lipinski definition) is 1. The van der Waals surface area contributed by atoms with E-state index in [0.29, 0.717) is 12.3 Å². The van der Waals surface area contributed by atoms with Gasteiger partial charge in [-0.05, 0) is 123 Å². The Morgan fingerprint density at radius 1 is 0.886 bits per heavy atom. The van der Waals surface area contributed by atoms with Crippen LogP contribution in [0.4, 0.5) is 9.59 Å². The number of primary amides is 1. The molecule has 2 N–H and O–H groups in total. The van der Waals surface area contributed by atoms with Gasteiger partial charge in [-0.25, -0.2) is 9.59 Å². The lowest BCUT2D eigenvalue weighted by atomic mass is 9.33. The maximum Gasteiger partial charge on any atom is 0.513 e. The number of amides is 1. The van der Waals surface area contributed by atoms with E-state index in [0.717, 1.165) is 68.1 Å². The number of allylic oxidation sites excluding steroid dienone is 2. The summed E-state index contributed by atoms with van der Waals surface area (Å²) in [7, 11) is 0. The van der Waals surface area contributed by atoms with Crippen LogP contribution in [0, 0.1) is 34.5 Å². The Balaban J connectivity index is 1.62. The summed E-state index contributed by atoms with van der Waals surface area (Å²) in [6, 6.07) is 1.89. The van der Waals surface area contributed by atoms with Crippen LogP contribution in [0.1, 0.15) is 117 Å². The fourth-order valence-corrected chi connectivity index (χ4v) is 10.1. The predicted molar refractivity (Wildman–Crippen MR) is 168 cm³/mol. The standard InChI is InChI=1S/C36H51NO7/c1-9-36-19-17-34(7)24-20-25(43-30(39)41-10-2)28(44-31(40)42-11-3)22(4)23(24)12-13-26(34)35(36,8)18-16-32(5)14-15-33(6,29(37)38)21-27(32)36/h13,20,27H,9-12,14-19,21H2,1-8H3,(H2,37,38)/t27-,32-,33-,34+,35-,36+/m1/s1. The van der Waals surface area contributed by atoms with Crippen LogP contribution in [0.25, 0.3) is 0 Å². The molecular weight excluding hydrogens is 558 g/mol. The van der Waals surface area contributed by atoms with E-state index in [1.54, 1.807) is 13.8 Å². The number of fused-ring (bicyclic) bond motifs is 7. The van der Waals surface area contributed by atoms with E-state index >= 15 is 0 Å². The van der Waals surface area contributed by atoms with Gasteiger partial charge in [0.1, 0.15) is 0 Å². The maximum atomic E-state index is 12.7. The molecule has 0 aliphatic heterocycles. The van der Waals surface area contributed by atoms with Crippen molar-refractivity contribution in [1.82, 2.24) is 0 Å². The Morgan fingerprint density at radius 3 is 2.14 bits per heavy atom. The highest BCUT2D eigenvalue weighted by Gasteiger charge is 2.68. The Hall–Kier alpha value is -3.03. The van der Waals surface area contributed by atoms with Crippen molar-refractivity contribution in [3.8, 4) is 11.5 Å². The summed E-state index contributed by atoms with van der Waals surface area (Å²) >= 11 is 0. The zero-order chi connectivity index (χ0) is 32.3. The largest absolute Gasteiger partial charge is 0.513 e. The molecule has 0 unspecified atom stereocenters. The molecular formula is C36H51NO7. The molecule has 4 aliphatic rings. The number of ether oxygens (including phenoxy) is 4. The van der Waals surface area contributed by atoms with Crippen molar-refractivity contribution in [2.45, 2.75) is 119 Å². The van der Waals surface area contributed by atoms with Gasteiger partial charge < -0.3 is 24.7 Å². The number of carbonyl (C=O) groups is 3. The molecule has 0 saturated heterocycles. The van der Waals surface area contributed by atoms with Gasteiger partial charge in [0.05, 0.1) is 13.2 Å². The summed E-state index contributed by atoms with van der Waals surface area (Å²) in [6.45, 7) is 17.3. The lowest BCUT2D eigenvalue weighted by molar-refractivity contribution is -0.174. The van der Waals surface area contributed by atoms with E-state index in [1.165, 1.54) is 5.57 Å². The number of rotatable bonds is 6. The van der Waals surface area contributed by atoms with E-state index in [-0.39, 0.29) is 52.3 Å². The minimum atomic E-state index is -0.848. The summed E-state index contributed by atoms with van der Waals surface area (Å²) in [6.07, 6.45) is 9.35. The Labute approximate surface area is 262 Å². The average Bonchev–Trinajstić information content (AvgIpc) is 2.96. The third-order valence-electron chi connectivity index (χ3n) is 12.8. The molecule has 1 amide bonds. The van der Waals surface area contributed by atoms with Gasteiger partial charge in [0, 0.05) is 10.8 Å². The van der Waals surface area contributed by atoms with Crippen LogP contribution < -0.4 is 15.2 Å². The number of hydrogen-bond acceptors (Lipinski definition) is 7. The van der Waals surface area contributed by atoms with Gasteiger partial charge in [0.25, 0.3) is 0 Å². The van der Waals surface area contributed by atoms with Gasteiger partial charge in [-0.1, -0.05) is 46.3 Å². The number of carbonyl (C=O) groups excluding carboxylic acids is 3. The first-order valence-electron chi connectivity index (χ1n) is 16.5. The smallest absolute Gasteiger partial charge is 0.434 e. The molecule has 4 aliphatic carbocycles. The van der Waals surface area contributed by atoms with Crippen LogP contribution in [0.2, 0.25) is 0 Å². The van der Waals surface area contributed by atoms with Gasteiger partial charge in [0.2, 0.25) is 5.91 Å². The van der Waals surface area contributed by atoms with E-state index in [1.807, 2.05) is 13.0 Å². The Bertz CT molecular complexity index is 1400. The van der Waals surface area contributed by atoms with E-state index in [2.05, 4.69) is 40.7 Å². The fraction of sp³-hybridized carbons (Fsp3) is 0.694. The van der Waals surface area contributed by atoms with Crippen LogP contribution in [0.15, 0.2) is 17.7 Å². The summed E-state index contributed by atoms with van der Waals surface area (Å²) in [5, 5.41) is 0. The van der Waals surface area contributed by atoms with Gasteiger partial charge in [-0.2, -0.15) is 0 Å². The predicted octanol–water partition coefficient (Wildman–Crippen LogP) is 8.09. The second kappa shape index (κ2) is 11.1. The topological polar surface area (TPSA) is 114 Å². The SMILES string of the molecule is CCOC(=O)Oc1cc2c(c(C)c1OC(=O)OCC)CC=C1[C@@]2(C)CC[C@@]2(CC)[C@@H]3C[C@](C)(C(N)=O)CC[C@]3(C)CC[C@]12C. The number of benzene rings is 1. The third kappa shape index (κ3) is 4.65. The Kier molecular flexibility index (Phi) is 8.16. The maximum absolute atomic E-state index is 12.7. The fourth-order valence-electron chi connectivity index (χ4n) is 10.1. The first kappa shape index (κ1) is 32.4. The highest BCUT2D eigenvalue weighted by molar-refractivity contribution is 5.80. The minimum Gasteiger partial charge on any atom is -0.434 e. The molecule has 44 heavy (non-hydrogen) atoms. The molecule has 0 bridgehead atoms. The zero-order valence-corrected chi connectivity index (χ0v) is 27.9. The van der Waals surface area contributed by atoms with Crippen LogP contribution >= 0.6 is 0 Å². The lowest BCUT2D eigenvalue weighted by Crippen LogP contribution is -2.63. The van der Waals surface area contributed by atoms with Gasteiger partial charge in [-0.3, -0.25) is 4.79 Å². The van der Waals surface area contributed by atoms with E-state index in [9.17, 15) is 14.4 Å². The molecule has 5 rings (SSSR count). The molecule has 0 heterocycles. The highest BCUT2D eigenvalue weighted by atomic mass is 16.7. The third-order valence-corrected chi connectivity index (χ3v) is 12.8. The first-order valence-corrected chi connectivity index (χ1v) is 16.5. The van der Waals surface area contributed by atoms with Crippen molar-refractivity contribution in [2.24, 2.45) is 33.3 Å². The molecule has 8 nitrogen and oxygen atoms in total. The molecule has 0 spiro atoms. The van der Waals surface area contributed by atoms with Crippen LogP contribution in [0.3, 0.4) is 0 Å². The molecule has 242 valence electrons. The Morgan fingerprint density at radius 2 is 1.52 bits per heavy atom. The monoisotopic (exact) mass is 609 g/mol. The average molecular weight is 610 g/mol.